The normalized spacial score (nSPS) is 11.5. The first-order valence-corrected chi connectivity index (χ1v) is 5.94. The number of rotatable bonds is 2. The molecule has 0 aliphatic rings. The van der Waals surface area contributed by atoms with Crippen LogP contribution in [0.3, 0.4) is 0 Å². The first-order chi connectivity index (χ1) is 7.09. The molecule has 6 nitrogen and oxygen atoms in total. The van der Waals surface area contributed by atoms with Crippen LogP contribution >= 0.6 is 0 Å². The van der Waals surface area contributed by atoms with Crippen LogP contribution in [0.4, 0.5) is 0 Å². The van der Waals surface area contributed by atoms with Crippen LogP contribution in [0.1, 0.15) is 0 Å². The molecule has 1 aromatic carbocycles. The Morgan fingerprint density at radius 3 is 2.67 bits per heavy atom. The molecule has 0 bridgehead atoms. The molecular weight excluding hydrogens is 216 g/mol. The third-order valence-electron chi connectivity index (χ3n) is 1.79. The molecule has 7 heteroatoms. The molecule has 0 saturated heterocycles. The molecule has 0 atom stereocenters. The van der Waals surface area contributed by atoms with Crippen molar-refractivity contribution in [3.05, 3.63) is 30.6 Å². The lowest BCUT2D eigenvalue weighted by Gasteiger charge is -2.04. The van der Waals surface area contributed by atoms with Crippen LogP contribution in [0.2, 0.25) is 0 Å². The Balaban J connectivity index is 2.68. The SMILES string of the molecule is CS(=O)(=O)c1ccccc1-n1n[c]nn1. The first-order valence-electron chi connectivity index (χ1n) is 4.04. The Kier molecular flexibility index (Phi) is 2.24. The van der Waals surface area contributed by atoms with Crippen molar-refractivity contribution in [2.45, 2.75) is 4.90 Å². The molecule has 0 aliphatic heterocycles. The predicted octanol–water partition coefficient (Wildman–Crippen LogP) is -0.134. The van der Waals surface area contributed by atoms with Crippen LogP contribution in [-0.4, -0.2) is 34.9 Å². The summed E-state index contributed by atoms with van der Waals surface area (Å²) in [6, 6.07) is 6.44. The minimum atomic E-state index is -3.30. The van der Waals surface area contributed by atoms with E-state index in [9.17, 15) is 8.42 Å². The van der Waals surface area contributed by atoms with Gasteiger partial charge in [0.15, 0.2) is 9.84 Å². The summed E-state index contributed by atoms with van der Waals surface area (Å²) in [5, 5.41) is 10.7. The summed E-state index contributed by atoms with van der Waals surface area (Å²) in [4.78, 5) is 1.28. The predicted molar refractivity (Wildman–Crippen MR) is 51.1 cm³/mol. The molecule has 2 rings (SSSR count). The standard InChI is InChI=1S/C8H7N4O2S/c1-15(13,14)8-5-3-2-4-7(8)12-10-6-9-11-12/h2-5H,1H3. The summed E-state index contributed by atoms with van der Waals surface area (Å²) >= 11 is 0. The summed E-state index contributed by atoms with van der Waals surface area (Å²) in [6.45, 7) is 0. The molecule has 2 aromatic rings. The van der Waals surface area contributed by atoms with Gasteiger partial charge in [0.1, 0.15) is 5.69 Å². The van der Waals surface area contributed by atoms with E-state index in [1.54, 1.807) is 18.2 Å². The van der Waals surface area contributed by atoms with Crippen molar-refractivity contribution < 1.29 is 8.42 Å². The molecule has 1 aromatic heterocycles. The van der Waals surface area contributed by atoms with Gasteiger partial charge in [-0.15, -0.1) is 15.0 Å². The average molecular weight is 223 g/mol. The van der Waals surface area contributed by atoms with Crippen molar-refractivity contribution in [2.75, 3.05) is 6.26 Å². The third-order valence-corrected chi connectivity index (χ3v) is 2.94. The lowest BCUT2D eigenvalue weighted by molar-refractivity contribution is 0.599. The lowest BCUT2D eigenvalue weighted by atomic mass is 10.3. The fourth-order valence-corrected chi connectivity index (χ4v) is 2.04. The molecule has 1 radical (unpaired) electrons. The van der Waals surface area contributed by atoms with Gasteiger partial charge in [-0.05, 0) is 17.3 Å². The van der Waals surface area contributed by atoms with Crippen molar-refractivity contribution in [1.29, 1.82) is 0 Å². The second-order valence-corrected chi connectivity index (χ2v) is 4.90. The van der Waals surface area contributed by atoms with Crippen molar-refractivity contribution >= 4 is 9.84 Å². The van der Waals surface area contributed by atoms with Crippen LogP contribution in [-0.2, 0) is 9.84 Å². The van der Waals surface area contributed by atoms with Gasteiger partial charge in [-0.3, -0.25) is 0 Å². The Bertz CT molecular complexity index is 562. The fourth-order valence-electron chi connectivity index (χ4n) is 1.18. The highest BCUT2D eigenvalue weighted by Gasteiger charge is 2.14. The molecule has 0 fully saturated rings. The van der Waals surface area contributed by atoms with Crippen LogP contribution in [0, 0.1) is 6.33 Å². The van der Waals surface area contributed by atoms with E-state index < -0.39 is 9.84 Å². The zero-order valence-electron chi connectivity index (χ0n) is 7.82. The molecule has 0 unspecified atom stereocenters. The third kappa shape index (κ3) is 1.86. The van der Waals surface area contributed by atoms with Crippen molar-refractivity contribution in [1.82, 2.24) is 20.2 Å². The van der Waals surface area contributed by atoms with Crippen LogP contribution in [0.15, 0.2) is 29.2 Å². The van der Waals surface area contributed by atoms with Crippen LogP contribution < -0.4 is 0 Å². The number of benzene rings is 1. The van der Waals surface area contributed by atoms with Crippen molar-refractivity contribution in [2.24, 2.45) is 0 Å². The van der Waals surface area contributed by atoms with Gasteiger partial charge in [-0.1, -0.05) is 12.1 Å². The van der Waals surface area contributed by atoms with E-state index in [1.165, 1.54) is 6.07 Å². The van der Waals surface area contributed by atoms with Gasteiger partial charge in [0.25, 0.3) is 0 Å². The van der Waals surface area contributed by atoms with E-state index >= 15 is 0 Å². The second-order valence-electron chi connectivity index (χ2n) is 2.92. The van der Waals surface area contributed by atoms with Gasteiger partial charge >= 0.3 is 0 Å². The summed E-state index contributed by atoms with van der Waals surface area (Å²) in [5.74, 6) is 0. The van der Waals surface area contributed by atoms with Gasteiger partial charge in [-0.25, -0.2) is 8.42 Å². The first kappa shape index (κ1) is 9.78. The molecule has 0 aliphatic carbocycles. The number of hydrogen-bond donors (Lipinski definition) is 0. The molecule has 1 heterocycles. The number of para-hydroxylation sites is 1. The largest absolute Gasteiger partial charge is 0.246 e. The van der Waals surface area contributed by atoms with Crippen molar-refractivity contribution in [3.8, 4) is 5.69 Å². The van der Waals surface area contributed by atoms with E-state index in [-0.39, 0.29) is 4.90 Å². The van der Waals surface area contributed by atoms with Crippen LogP contribution in [0.25, 0.3) is 5.69 Å². The number of nitrogens with zero attached hydrogens (tertiary/aromatic N) is 4. The zero-order chi connectivity index (χ0) is 10.9. The monoisotopic (exact) mass is 223 g/mol. The highest BCUT2D eigenvalue weighted by molar-refractivity contribution is 7.90. The van der Waals surface area contributed by atoms with Gasteiger partial charge in [0.05, 0.1) is 4.90 Å². The smallest absolute Gasteiger partial charge is 0.224 e. The zero-order valence-corrected chi connectivity index (χ0v) is 8.64. The number of hydrogen-bond acceptors (Lipinski definition) is 5. The lowest BCUT2D eigenvalue weighted by Crippen LogP contribution is -2.07. The summed E-state index contributed by atoms with van der Waals surface area (Å²) in [5.41, 5.74) is 0.369. The Hall–Kier alpha value is -1.76. The topological polar surface area (TPSA) is 77.7 Å². The molecular formula is C8H7N4O2S. The Labute approximate surface area is 86.5 Å². The quantitative estimate of drug-likeness (QED) is 0.708. The van der Waals surface area contributed by atoms with E-state index in [1.807, 2.05) is 0 Å². The minimum Gasteiger partial charge on any atom is -0.224 e. The maximum Gasteiger partial charge on any atom is 0.246 e. The maximum atomic E-state index is 11.4. The van der Waals surface area contributed by atoms with E-state index in [0.29, 0.717) is 5.69 Å². The summed E-state index contributed by atoms with van der Waals surface area (Å²) < 4.78 is 22.9. The number of tetrazole rings is 1. The Morgan fingerprint density at radius 2 is 2.07 bits per heavy atom. The fraction of sp³-hybridized carbons (Fsp3) is 0.125. The molecule has 0 amide bonds. The van der Waals surface area contributed by atoms with E-state index in [2.05, 4.69) is 21.7 Å². The molecule has 15 heavy (non-hydrogen) atoms. The molecule has 77 valence electrons. The van der Waals surface area contributed by atoms with E-state index in [0.717, 1.165) is 11.1 Å². The van der Waals surface area contributed by atoms with Gasteiger partial charge in [-0.2, -0.15) is 0 Å². The van der Waals surface area contributed by atoms with Crippen LogP contribution in [0.5, 0.6) is 0 Å². The number of sulfone groups is 1. The molecule has 0 N–H and O–H groups in total. The molecule has 0 saturated carbocycles. The minimum absolute atomic E-state index is 0.163. The van der Waals surface area contributed by atoms with Gasteiger partial charge < -0.3 is 0 Å². The highest BCUT2D eigenvalue weighted by Crippen LogP contribution is 2.17. The van der Waals surface area contributed by atoms with Gasteiger partial charge in [0, 0.05) is 6.26 Å². The van der Waals surface area contributed by atoms with Gasteiger partial charge in [0.2, 0.25) is 6.33 Å². The average Bonchev–Trinajstić information content (AvgIpc) is 2.69. The maximum absolute atomic E-state index is 11.4. The summed E-state index contributed by atoms with van der Waals surface area (Å²) in [6.07, 6.45) is 3.40. The second kappa shape index (κ2) is 3.43. The van der Waals surface area contributed by atoms with Crippen molar-refractivity contribution in [3.63, 3.8) is 0 Å². The highest BCUT2D eigenvalue weighted by atomic mass is 32.2. The number of aromatic nitrogens is 4. The molecule has 0 spiro atoms. The Morgan fingerprint density at radius 1 is 1.33 bits per heavy atom. The summed E-state index contributed by atoms with van der Waals surface area (Å²) in [7, 11) is -3.30. The van der Waals surface area contributed by atoms with E-state index in [4.69, 9.17) is 0 Å².